The highest BCUT2D eigenvalue weighted by Crippen LogP contribution is 2.41. The first-order valence-corrected chi connectivity index (χ1v) is 9.41. The van der Waals surface area contributed by atoms with Gasteiger partial charge >= 0.3 is 0 Å². The Morgan fingerprint density at radius 1 is 1.17 bits per heavy atom. The second kappa shape index (κ2) is 6.38. The minimum Gasteiger partial charge on any atom is -0.353 e. The van der Waals surface area contributed by atoms with Gasteiger partial charge in [0.1, 0.15) is 17.0 Å². The number of nitrogens with zero attached hydrogens (tertiary/aromatic N) is 3. The normalized spacial score (nSPS) is 18.3. The molecular formula is C16H16ClN3O2S. The Morgan fingerprint density at radius 3 is 2.43 bits per heavy atom. The van der Waals surface area contributed by atoms with E-state index in [1.807, 2.05) is 41.3 Å². The van der Waals surface area contributed by atoms with Crippen LogP contribution in [0.4, 0.5) is 5.82 Å². The van der Waals surface area contributed by atoms with Crippen LogP contribution in [0.5, 0.6) is 0 Å². The molecule has 1 aromatic carbocycles. The van der Waals surface area contributed by atoms with E-state index in [1.54, 1.807) is 0 Å². The lowest BCUT2D eigenvalue weighted by Gasteiger charge is -2.41. The van der Waals surface area contributed by atoms with Crippen LogP contribution in [0.3, 0.4) is 0 Å². The van der Waals surface area contributed by atoms with Crippen LogP contribution in [0.2, 0.25) is 5.15 Å². The Kier molecular flexibility index (Phi) is 4.46. The summed E-state index contributed by atoms with van der Waals surface area (Å²) in [7, 11) is -2.46. The molecule has 1 aliphatic heterocycles. The van der Waals surface area contributed by atoms with E-state index in [2.05, 4.69) is 11.1 Å². The van der Waals surface area contributed by atoms with Crippen LogP contribution in [0.15, 0.2) is 36.4 Å². The van der Waals surface area contributed by atoms with Crippen LogP contribution in [-0.2, 0) is 0 Å². The van der Waals surface area contributed by atoms with Gasteiger partial charge in [-0.15, -0.1) is 0 Å². The highest BCUT2D eigenvalue weighted by atomic mass is 35.5. The van der Waals surface area contributed by atoms with Crippen molar-refractivity contribution in [2.45, 2.75) is 0 Å². The summed E-state index contributed by atoms with van der Waals surface area (Å²) in [5.41, 5.74) is 1.99. The fourth-order valence-electron chi connectivity index (χ4n) is 2.57. The summed E-state index contributed by atoms with van der Waals surface area (Å²) >= 11 is 6.21. The molecule has 2 aromatic rings. The van der Waals surface area contributed by atoms with E-state index in [9.17, 15) is 14.4 Å². The number of pyridine rings is 1. The van der Waals surface area contributed by atoms with Crippen LogP contribution < -0.4 is 4.90 Å². The zero-order valence-electron chi connectivity index (χ0n) is 12.3. The van der Waals surface area contributed by atoms with E-state index >= 15 is 0 Å². The molecule has 0 unspecified atom stereocenters. The van der Waals surface area contributed by atoms with Crippen molar-refractivity contribution >= 4 is 28.0 Å². The number of aromatic nitrogens is 1. The molecular weight excluding hydrogens is 334 g/mol. The molecule has 1 fully saturated rings. The van der Waals surface area contributed by atoms with E-state index in [4.69, 9.17) is 11.6 Å². The van der Waals surface area contributed by atoms with Gasteiger partial charge in [0.25, 0.3) is 0 Å². The molecule has 7 heteroatoms. The zero-order valence-corrected chi connectivity index (χ0v) is 13.9. The van der Waals surface area contributed by atoms with Crippen LogP contribution >= 0.6 is 22.2 Å². The van der Waals surface area contributed by atoms with Gasteiger partial charge in [-0.1, -0.05) is 41.9 Å². The molecule has 0 radical (unpaired) electrons. The predicted octanol–water partition coefficient (Wildman–Crippen LogP) is 3.84. The van der Waals surface area contributed by atoms with Crippen molar-refractivity contribution in [1.82, 2.24) is 4.98 Å². The quantitative estimate of drug-likeness (QED) is 0.805. The van der Waals surface area contributed by atoms with Gasteiger partial charge in [0, 0.05) is 18.7 Å². The molecule has 2 N–H and O–H groups in total. The van der Waals surface area contributed by atoms with Gasteiger partial charge in [0.15, 0.2) is 0 Å². The van der Waals surface area contributed by atoms with E-state index in [1.165, 1.54) is 0 Å². The minimum absolute atomic E-state index is 0.168. The molecule has 0 bridgehead atoms. The Morgan fingerprint density at radius 2 is 1.83 bits per heavy atom. The summed E-state index contributed by atoms with van der Waals surface area (Å²) in [5, 5.41) is 9.55. The lowest BCUT2D eigenvalue weighted by atomic mass is 10.0. The molecule has 0 aliphatic carbocycles. The van der Waals surface area contributed by atoms with Gasteiger partial charge in [0.05, 0.1) is 17.1 Å². The fraction of sp³-hybridized carbons (Fsp3) is 0.250. The van der Waals surface area contributed by atoms with Gasteiger partial charge < -0.3 is 4.90 Å². The molecule has 1 aliphatic rings. The van der Waals surface area contributed by atoms with Gasteiger partial charge in [-0.05, 0) is 11.6 Å². The molecule has 23 heavy (non-hydrogen) atoms. The first kappa shape index (κ1) is 16.1. The number of anilines is 1. The van der Waals surface area contributed by atoms with E-state index in [0.717, 1.165) is 11.1 Å². The summed E-state index contributed by atoms with van der Waals surface area (Å²) in [6.07, 6.45) is 0. The monoisotopic (exact) mass is 349 g/mol. The maximum Gasteiger partial charge on any atom is 0.149 e. The van der Waals surface area contributed by atoms with Crippen molar-refractivity contribution in [3.8, 4) is 17.2 Å². The lowest BCUT2D eigenvalue weighted by molar-refractivity contribution is 0.479. The van der Waals surface area contributed by atoms with Crippen molar-refractivity contribution in [1.29, 1.82) is 5.26 Å². The maximum atomic E-state index is 9.73. The number of benzene rings is 1. The van der Waals surface area contributed by atoms with E-state index < -0.39 is 10.6 Å². The highest BCUT2D eigenvalue weighted by molar-refractivity contribution is 8.24. The zero-order chi connectivity index (χ0) is 16.4. The van der Waals surface area contributed by atoms with Crippen molar-refractivity contribution in [2.24, 2.45) is 0 Å². The Bertz CT molecular complexity index is 752. The standard InChI is InChI=1S/C16H16ClN3O2S/c17-16-14(11-18)13(12-4-2-1-3-5-12)10-15(19-16)20-6-8-23(21,22)9-7-20/h1-5,10,21-22H,6-9H2. The molecule has 0 atom stereocenters. The molecule has 1 saturated heterocycles. The number of nitriles is 1. The summed E-state index contributed by atoms with van der Waals surface area (Å²) in [5.74, 6) is 1.31. The molecule has 3 rings (SSSR count). The fourth-order valence-corrected chi connectivity index (χ4v) is 4.03. The Hall–Kier alpha value is -1.78. The van der Waals surface area contributed by atoms with E-state index in [-0.39, 0.29) is 5.15 Å². The van der Waals surface area contributed by atoms with Crippen LogP contribution in [0.1, 0.15) is 5.56 Å². The number of hydrogen-bond donors (Lipinski definition) is 2. The molecule has 2 heterocycles. The van der Waals surface area contributed by atoms with Crippen molar-refractivity contribution in [3.63, 3.8) is 0 Å². The first-order valence-electron chi connectivity index (χ1n) is 7.15. The highest BCUT2D eigenvalue weighted by Gasteiger charge is 2.24. The summed E-state index contributed by atoms with van der Waals surface area (Å²) in [6, 6.07) is 13.5. The average molecular weight is 350 g/mol. The van der Waals surface area contributed by atoms with Gasteiger partial charge in [-0.3, -0.25) is 9.11 Å². The second-order valence-electron chi connectivity index (χ2n) is 5.37. The summed E-state index contributed by atoms with van der Waals surface area (Å²) < 4.78 is 19.5. The smallest absolute Gasteiger partial charge is 0.149 e. The Labute approximate surface area is 141 Å². The molecule has 5 nitrogen and oxygen atoms in total. The topological polar surface area (TPSA) is 80.4 Å². The molecule has 0 spiro atoms. The maximum absolute atomic E-state index is 9.73. The lowest BCUT2D eigenvalue weighted by Crippen LogP contribution is -2.38. The number of hydrogen-bond acceptors (Lipinski definition) is 5. The van der Waals surface area contributed by atoms with Crippen molar-refractivity contribution in [3.05, 3.63) is 47.1 Å². The molecule has 120 valence electrons. The SMILES string of the molecule is N#Cc1c(-c2ccccc2)cc(N2CCS(O)(O)CC2)nc1Cl. The number of rotatable bonds is 2. The van der Waals surface area contributed by atoms with Crippen LogP contribution in [-0.4, -0.2) is 38.7 Å². The molecule has 0 amide bonds. The Balaban J connectivity index is 2.01. The average Bonchev–Trinajstić information content (AvgIpc) is 2.55. The second-order valence-corrected chi connectivity index (χ2v) is 8.15. The minimum atomic E-state index is -2.46. The van der Waals surface area contributed by atoms with Crippen molar-refractivity contribution in [2.75, 3.05) is 29.5 Å². The van der Waals surface area contributed by atoms with Gasteiger partial charge in [-0.2, -0.15) is 15.9 Å². The largest absolute Gasteiger partial charge is 0.353 e. The first-order chi connectivity index (χ1) is 11.0. The molecule has 0 saturated carbocycles. The predicted molar refractivity (Wildman–Crippen MR) is 94.2 cm³/mol. The summed E-state index contributed by atoms with van der Waals surface area (Å²) in [4.78, 5) is 6.29. The molecule has 1 aromatic heterocycles. The van der Waals surface area contributed by atoms with Gasteiger partial charge in [-0.25, -0.2) is 4.98 Å². The van der Waals surface area contributed by atoms with Gasteiger partial charge in [0.2, 0.25) is 0 Å². The third kappa shape index (κ3) is 3.43. The number of halogens is 1. The van der Waals surface area contributed by atoms with E-state index in [0.29, 0.717) is 36.0 Å². The third-order valence-corrected chi connectivity index (χ3v) is 5.80. The van der Waals surface area contributed by atoms with Crippen molar-refractivity contribution < 1.29 is 9.11 Å². The summed E-state index contributed by atoms with van der Waals surface area (Å²) in [6.45, 7) is 1.01. The third-order valence-electron chi connectivity index (χ3n) is 3.86. The van der Waals surface area contributed by atoms with Crippen LogP contribution in [0.25, 0.3) is 11.1 Å². The van der Waals surface area contributed by atoms with Crippen LogP contribution in [0, 0.1) is 11.3 Å².